The van der Waals surface area contributed by atoms with Crippen LogP contribution in [-0.2, 0) is 13.1 Å². The molecule has 1 saturated carbocycles. The van der Waals surface area contributed by atoms with Gasteiger partial charge in [-0.3, -0.25) is 9.88 Å². The molecule has 154 valence electrons. The molecule has 0 N–H and O–H groups in total. The Labute approximate surface area is 179 Å². The van der Waals surface area contributed by atoms with Gasteiger partial charge in [-0.05, 0) is 58.5 Å². The molecule has 0 aliphatic heterocycles. The molecule has 0 saturated heterocycles. The summed E-state index contributed by atoms with van der Waals surface area (Å²) in [6, 6.07) is 12.6. The van der Waals surface area contributed by atoms with Crippen molar-refractivity contribution in [1.82, 2.24) is 30.1 Å². The van der Waals surface area contributed by atoms with Gasteiger partial charge in [0.05, 0.1) is 18.8 Å². The Morgan fingerprint density at radius 3 is 2.80 bits per heavy atom. The van der Waals surface area contributed by atoms with Gasteiger partial charge in [-0.2, -0.15) is 0 Å². The number of hydrogen-bond acceptors (Lipinski definition) is 7. The molecule has 4 aromatic rings. The van der Waals surface area contributed by atoms with Gasteiger partial charge in [-0.1, -0.05) is 25.0 Å². The number of rotatable bonds is 8. The van der Waals surface area contributed by atoms with Gasteiger partial charge < -0.3 is 4.42 Å². The van der Waals surface area contributed by atoms with E-state index in [9.17, 15) is 0 Å². The lowest BCUT2D eigenvalue weighted by molar-refractivity contribution is 0.179. The molecule has 1 atom stereocenters. The molecular weight excluding hydrogens is 396 g/mol. The van der Waals surface area contributed by atoms with E-state index in [-0.39, 0.29) is 6.04 Å². The second-order valence-corrected chi connectivity index (χ2v) is 8.66. The van der Waals surface area contributed by atoms with Gasteiger partial charge in [0.1, 0.15) is 11.8 Å². The van der Waals surface area contributed by atoms with Crippen molar-refractivity contribution in [3.8, 4) is 0 Å². The predicted molar refractivity (Wildman–Crippen MR) is 114 cm³/mol. The van der Waals surface area contributed by atoms with Crippen molar-refractivity contribution in [1.29, 1.82) is 0 Å². The fourth-order valence-electron chi connectivity index (χ4n) is 4.27. The number of aromatic nitrogens is 5. The lowest BCUT2D eigenvalue weighted by Gasteiger charge is -2.30. The third kappa shape index (κ3) is 4.06. The van der Waals surface area contributed by atoms with E-state index >= 15 is 0 Å². The molecule has 0 aromatic carbocycles. The fourth-order valence-corrected chi connectivity index (χ4v) is 5.13. The predicted octanol–water partition coefficient (Wildman–Crippen LogP) is 4.63. The zero-order valence-electron chi connectivity index (χ0n) is 16.7. The molecule has 4 heterocycles. The van der Waals surface area contributed by atoms with Gasteiger partial charge in [0.15, 0.2) is 5.82 Å². The summed E-state index contributed by atoms with van der Waals surface area (Å²) in [6.45, 7) is 1.37. The number of thiophene rings is 1. The summed E-state index contributed by atoms with van der Waals surface area (Å²) in [6.07, 6.45) is 10.2. The van der Waals surface area contributed by atoms with E-state index in [1.54, 1.807) is 23.8 Å². The third-order valence-electron chi connectivity index (χ3n) is 5.66. The Kier molecular flexibility index (Phi) is 5.67. The largest absolute Gasteiger partial charge is 0.468 e. The average Bonchev–Trinajstić information content (AvgIpc) is 3.56. The summed E-state index contributed by atoms with van der Waals surface area (Å²) in [5, 5.41) is 15.1. The van der Waals surface area contributed by atoms with E-state index in [0.717, 1.165) is 30.0 Å². The maximum absolute atomic E-state index is 5.70. The molecule has 1 aliphatic rings. The van der Waals surface area contributed by atoms with Crippen LogP contribution in [0.2, 0.25) is 0 Å². The van der Waals surface area contributed by atoms with Crippen molar-refractivity contribution in [2.75, 3.05) is 0 Å². The van der Waals surface area contributed by atoms with Crippen molar-refractivity contribution in [3.05, 3.63) is 82.5 Å². The highest BCUT2D eigenvalue weighted by molar-refractivity contribution is 7.10. The quantitative estimate of drug-likeness (QED) is 0.414. The van der Waals surface area contributed by atoms with Crippen molar-refractivity contribution >= 4 is 11.3 Å². The minimum Gasteiger partial charge on any atom is -0.468 e. The molecule has 1 aliphatic carbocycles. The number of nitrogens with zero attached hydrogens (tertiary/aromatic N) is 6. The number of hydrogen-bond donors (Lipinski definition) is 0. The molecule has 30 heavy (non-hydrogen) atoms. The van der Waals surface area contributed by atoms with E-state index in [1.165, 1.54) is 17.7 Å². The monoisotopic (exact) mass is 420 g/mol. The summed E-state index contributed by atoms with van der Waals surface area (Å²) in [4.78, 5) is 7.90. The first-order chi connectivity index (χ1) is 14.9. The smallest absolute Gasteiger partial charge is 0.174 e. The van der Waals surface area contributed by atoms with Crippen LogP contribution in [0.1, 0.15) is 59.8 Å². The summed E-state index contributed by atoms with van der Waals surface area (Å²) in [7, 11) is 0. The standard InChI is InChI=1S/C22H24N6OS/c1-2-8-18(7-1)28-22(24-25-26-28)21(20-10-5-13-30-20)27(16-19-9-4-12-29-19)15-17-6-3-11-23-14-17/h3-6,9-14,18,21H,1-2,7-8,15-16H2/t21-/m1/s1. The second-order valence-electron chi connectivity index (χ2n) is 7.68. The SMILES string of the molecule is c1cncc(CN(Cc2ccco2)[C@H](c2cccs2)c2nnnn2C2CCCC2)c1. The summed E-state index contributed by atoms with van der Waals surface area (Å²) < 4.78 is 7.77. The van der Waals surface area contributed by atoms with Crippen LogP contribution >= 0.6 is 11.3 Å². The molecule has 7 nitrogen and oxygen atoms in total. The average molecular weight is 421 g/mol. The molecule has 8 heteroatoms. The van der Waals surface area contributed by atoms with Gasteiger partial charge >= 0.3 is 0 Å². The molecule has 0 amide bonds. The van der Waals surface area contributed by atoms with E-state index in [4.69, 9.17) is 4.42 Å². The third-order valence-corrected chi connectivity index (χ3v) is 6.58. The van der Waals surface area contributed by atoms with Gasteiger partial charge in [-0.25, -0.2) is 4.68 Å². The Hall–Kier alpha value is -2.84. The minimum absolute atomic E-state index is 0.0640. The maximum atomic E-state index is 5.70. The van der Waals surface area contributed by atoms with Crippen LogP contribution in [0.5, 0.6) is 0 Å². The first-order valence-corrected chi connectivity index (χ1v) is 11.2. The molecule has 0 spiro atoms. The molecule has 5 rings (SSSR count). The highest BCUT2D eigenvalue weighted by atomic mass is 32.1. The summed E-state index contributed by atoms with van der Waals surface area (Å²) >= 11 is 1.74. The minimum atomic E-state index is -0.0640. The first-order valence-electron chi connectivity index (χ1n) is 10.3. The Morgan fingerprint density at radius 2 is 2.07 bits per heavy atom. The molecule has 0 radical (unpaired) electrons. The van der Waals surface area contributed by atoms with Gasteiger partial charge in [0, 0.05) is 23.8 Å². The van der Waals surface area contributed by atoms with Crippen LogP contribution in [0, 0.1) is 0 Å². The fraction of sp³-hybridized carbons (Fsp3) is 0.364. The van der Waals surface area contributed by atoms with Crippen LogP contribution < -0.4 is 0 Å². The van der Waals surface area contributed by atoms with Crippen LogP contribution in [0.25, 0.3) is 0 Å². The lowest BCUT2D eigenvalue weighted by atomic mass is 10.1. The molecule has 4 aromatic heterocycles. The molecule has 0 unspecified atom stereocenters. The lowest BCUT2D eigenvalue weighted by Crippen LogP contribution is -2.31. The van der Waals surface area contributed by atoms with Crippen molar-refractivity contribution in [3.63, 3.8) is 0 Å². The molecular formula is C22H24N6OS. The highest BCUT2D eigenvalue weighted by Gasteiger charge is 2.32. The molecule has 1 fully saturated rings. The van der Waals surface area contributed by atoms with Crippen molar-refractivity contribution in [2.24, 2.45) is 0 Å². The Balaban J connectivity index is 1.56. The number of pyridine rings is 1. The summed E-state index contributed by atoms with van der Waals surface area (Å²) in [5.41, 5.74) is 1.14. The zero-order chi connectivity index (χ0) is 20.2. The van der Waals surface area contributed by atoms with E-state index in [1.807, 2.05) is 24.4 Å². The Morgan fingerprint density at radius 1 is 1.13 bits per heavy atom. The normalized spacial score (nSPS) is 15.8. The zero-order valence-corrected chi connectivity index (χ0v) is 17.5. The van der Waals surface area contributed by atoms with Crippen molar-refractivity contribution < 1.29 is 4.42 Å². The Bertz CT molecular complexity index is 1020. The van der Waals surface area contributed by atoms with E-state index in [2.05, 4.69) is 53.7 Å². The topological polar surface area (TPSA) is 72.9 Å². The van der Waals surface area contributed by atoms with Crippen LogP contribution in [0.4, 0.5) is 0 Å². The van der Waals surface area contributed by atoms with Crippen LogP contribution in [0.3, 0.4) is 0 Å². The second kappa shape index (κ2) is 8.89. The summed E-state index contributed by atoms with van der Waals surface area (Å²) in [5.74, 6) is 1.82. The van der Waals surface area contributed by atoms with Crippen molar-refractivity contribution in [2.45, 2.75) is 50.9 Å². The number of tetrazole rings is 1. The van der Waals surface area contributed by atoms with E-state index < -0.39 is 0 Å². The number of furan rings is 1. The van der Waals surface area contributed by atoms with Gasteiger partial charge in [0.2, 0.25) is 0 Å². The van der Waals surface area contributed by atoms with Gasteiger partial charge in [0.25, 0.3) is 0 Å². The van der Waals surface area contributed by atoms with Crippen LogP contribution in [-0.4, -0.2) is 30.1 Å². The van der Waals surface area contributed by atoms with Crippen LogP contribution in [0.15, 0.2) is 64.9 Å². The maximum Gasteiger partial charge on any atom is 0.174 e. The first kappa shape index (κ1) is 19.1. The molecule has 0 bridgehead atoms. The highest BCUT2D eigenvalue weighted by Crippen LogP contribution is 2.36. The van der Waals surface area contributed by atoms with Gasteiger partial charge in [-0.15, -0.1) is 16.4 Å². The van der Waals surface area contributed by atoms with E-state index in [0.29, 0.717) is 19.1 Å².